The highest BCUT2D eigenvalue weighted by atomic mass is 127. The third kappa shape index (κ3) is 8.71. The Morgan fingerprint density at radius 2 is 1.79 bits per heavy atom. The lowest BCUT2D eigenvalue weighted by atomic mass is 10.2. The van der Waals surface area contributed by atoms with Crippen molar-refractivity contribution < 1.29 is 23.0 Å². The van der Waals surface area contributed by atoms with Crippen molar-refractivity contribution in [3.8, 4) is 17.2 Å². The van der Waals surface area contributed by atoms with Crippen molar-refractivity contribution >= 4 is 29.9 Å². The summed E-state index contributed by atoms with van der Waals surface area (Å²) in [6, 6.07) is 12.7. The van der Waals surface area contributed by atoms with Crippen molar-refractivity contribution in [2.75, 3.05) is 27.3 Å². The van der Waals surface area contributed by atoms with Gasteiger partial charge in [0.25, 0.3) is 0 Å². The van der Waals surface area contributed by atoms with Crippen LogP contribution >= 0.6 is 24.0 Å². The number of hydrogen-bond acceptors (Lipinski definition) is 4. The number of guanidine groups is 1. The molecular formula is C20H26F2IN3O3. The predicted molar refractivity (Wildman–Crippen MR) is 120 cm³/mol. The maximum absolute atomic E-state index is 12.5. The topological polar surface area (TPSA) is 64.1 Å². The quantitative estimate of drug-likeness (QED) is 0.227. The smallest absolute Gasteiger partial charge is 0.387 e. The van der Waals surface area contributed by atoms with Gasteiger partial charge < -0.3 is 24.8 Å². The third-order valence-corrected chi connectivity index (χ3v) is 3.81. The second-order valence-electron chi connectivity index (χ2n) is 5.88. The SMILES string of the molecule is CN=C(NCCOc1ccc(C)cc1)NCc1ccc(OC)c(OC(F)F)c1.I. The minimum absolute atomic E-state index is 0. The number of methoxy groups -OCH3 is 1. The summed E-state index contributed by atoms with van der Waals surface area (Å²) >= 11 is 0. The van der Waals surface area contributed by atoms with E-state index in [0.717, 1.165) is 11.3 Å². The third-order valence-electron chi connectivity index (χ3n) is 3.81. The molecule has 0 aliphatic carbocycles. The Bertz CT molecular complexity index is 774. The van der Waals surface area contributed by atoms with Gasteiger partial charge in [0.05, 0.1) is 13.7 Å². The molecule has 2 aromatic rings. The number of rotatable bonds is 9. The Morgan fingerprint density at radius 1 is 1.07 bits per heavy atom. The van der Waals surface area contributed by atoms with Gasteiger partial charge in [0.2, 0.25) is 0 Å². The van der Waals surface area contributed by atoms with Gasteiger partial charge in [0, 0.05) is 13.6 Å². The Labute approximate surface area is 186 Å². The summed E-state index contributed by atoms with van der Waals surface area (Å²) in [6.45, 7) is 0.503. The fraction of sp³-hybridized carbons (Fsp3) is 0.350. The molecule has 0 spiro atoms. The van der Waals surface area contributed by atoms with Crippen LogP contribution in [0.3, 0.4) is 0 Å². The van der Waals surface area contributed by atoms with Crippen LogP contribution in [0.25, 0.3) is 0 Å². The number of halogens is 3. The van der Waals surface area contributed by atoms with Gasteiger partial charge in [-0.3, -0.25) is 4.99 Å². The van der Waals surface area contributed by atoms with E-state index in [-0.39, 0.29) is 35.5 Å². The van der Waals surface area contributed by atoms with Crippen molar-refractivity contribution in [1.82, 2.24) is 10.6 Å². The predicted octanol–water partition coefficient (Wildman–Crippen LogP) is 3.97. The molecule has 0 saturated carbocycles. The van der Waals surface area contributed by atoms with Crippen LogP contribution in [0.15, 0.2) is 47.5 Å². The maximum atomic E-state index is 12.5. The van der Waals surface area contributed by atoms with Crippen molar-refractivity contribution in [3.05, 3.63) is 53.6 Å². The lowest BCUT2D eigenvalue weighted by Gasteiger charge is -2.14. The summed E-state index contributed by atoms with van der Waals surface area (Å²) in [4.78, 5) is 4.13. The molecule has 0 atom stereocenters. The molecule has 0 aliphatic rings. The number of benzene rings is 2. The highest BCUT2D eigenvalue weighted by molar-refractivity contribution is 14.0. The molecule has 160 valence electrons. The summed E-state index contributed by atoms with van der Waals surface area (Å²) in [5.41, 5.74) is 1.92. The molecule has 2 aromatic carbocycles. The van der Waals surface area contributed by atoms with Crippen molar-refractivity contribution in [2.24, 2.45) is 4.99 Å². The highest BCUT2D eigenvalue weighted by Crippen LogP contribution is 2.29. The molecule has 0 aliphatic heterocycles. The van der Waals surface area contributed by atoms with Crippen LogP contribution in [0, 0.1) is 6.92 Å². The summed E-state index contributed by atoms with van der Waals surface area (Å²) in [5.74, 6) is 1.62. The fourth-order valence-corrected chi connectivity index (χ4v) is 2.40. The van der Waals surface area contributed by atoms with Gasteiger partial charge in [-0.2, -0.15) is 8.78 Å². The van der Waals surface area contributed by atoms with E-state index in [1.54, 1.807) is 19.2 Å². The van der Waals surface area contributed by atoms with Gasteiger partial charge >= 0.3 is 6.61 Å². The summed E-state index contributed by atoms with van der Waals surface area (Å²) in [5, 5.41) is 6.24. The minimum Gasteiger partial charge on any atom is -0.493 e. The van der Waals surface area contributed by atoms with Crippen molar-refractivity contribution in [3.63, 3.8) is 0 Å². The van der Waals surface area contributed by atoms with E-state index >= 15 is 0 Å². The molecule has 29 heavy (non-hydrogen) atoms. The van der Waals surface area contributed by atoms with Gasteiger partial charge in [-0.1, -0.05) is 23.8 Å². The van der Waals surface area contributed by atoms with Gasteiger partial charge in [-0.15, -0.1) is 24.0 Å². The standard InChI is InChI=1S/C20H25F2N3O3.HI/c1-14-4-7-16(8-5-14)27-11-10-24-20(23-2)25-13-15-6-9-17(26-3)18(12-15)28-19(21)22;/h4-9,12,19H,10-11,13H2,1-3H3,(H2,23,24,25);1H. The molecule has 0 aromatic heterocycles. The van der Waals surface area contributed by atoms with Crippen LogP contribution < -0.4 is 24.8 Å². The number of aryl methyl sites for hydroxylation is 1. The van der Waals surface area contributed by atoms with Crippen molar-refractivity contribution in [2.45, 2.75) is 20.1 Å². The van der Waals surface area contributed by atoms with E-state index in [4.69, 9.17) is 9.47 Å². The average Bonchev–Trinajstić information content (AvgIpc) is 2.68. The molecular weight excluding hydrogens is 495 g/mol. The molecule has 0 amide bonds. The van der Waals surface area contributed by atoms with Crippen LogP contribution in [0.2, 0.25) is 0 Å². The zero-order chi connectivity index (χ0) is 20.4. The largest absolute Gasteiger partial charge is 0.493 e. The summed E-state index contributed by atoms with van der Waals surface area (Å²) in [7, 11) is 3.05. The number of hydrogen-bond donors (Lipinski definition) is 2. The Morgan fingerprint density at radius 3 is 2.41 bits per heavy atom. The van der Waals surface area contributed by atoms with E-state index in [0.29, 0.717) is 25.7 Å². The second-order valence-corrected chi connectivity index (χ2v) is 5.88. The molecule has 2 N–H and O–H groups in total. The molecule has 0 fully saturated rings. The number of aliphatic imine (C=N–C) groups is 1. The van der Waals surface area contributed by atoms with Crippen LogP contribution in [-0.2, 0) is 6.54 Å². The van der Waals surface area contributed by atoms with Gasteiger partial charge in [-0.05, 0) is 36.8 Å². The van der Waals surface area contributed by atoms with Gasteiger partial charge in [0.15, 0.2) is 17.5 Å². The maximum Gasteiger partial charge on any atom is 0.387 e. The summed E-state index contributed by atoms with van der Waals surface area (Å²) < 4.78 is 40.2. The van der Waals surface area contributed by atoms with E-state index < -0.39 is 6.61 Å². The van der Waals surface area contributed by atoms with Gasteiger partial charge in [0.1, 0.15) is 12.4 Å². The number of nitrogens with one attached hydrogen (secondary N) is 2. The molecule has 2 rings (SSSR count). The van der Waals surface area contributed by atoms with Crippen LogP contribution in [0.5, 0.6) is 17.2 Å². The van der Waals surface area contributed by atoms with E-state index in [1.807, 2.05) is 31.2 Å². The Kier molecular flexibility index (Phi) is 11.1. The average molecular weight is 521 g/mol. The molecule has 0 heterocycles. The zero-order valence-corrected chi connectivity index (χ0v) is 18.9. The van der Waals surface area contributed by atoms with Crippen LogP contribution in [-0.4, -0.2) is 39.9 Å². The molecule has 0 saturated heterocycles. The highest BCUT2D eigenvalue weighted by Gasteiger charge is 2.11. The first-order valence-electron chi connectivity index (χ1n) is 8.77. The fourth-order valence-electron chi connectivity index (χ4n) is 2.40. The molecule has 0 radical (unpaired) electrons. The molecule has 0 unspecified atom stereocenters. The first-order chi connectivity index (χ1) is 13.5. The van der Waals surface area contributed by atoms with Gasteiger partial charge in [-0.25, -0.2) is 0 Å². The lowest BCUT2D eigenvalue weighted by molar-refractivity contribution is -0.0512. The number of nitrogens with zero attached hydrogens (tertiary/aromatic N) is 1. The molecule has 9 heteroatoms. The minimum atomic E-state index is -2.92. The Balaban J connectivity index is 0.00000420. The first-order valence-corrected chi connectivity index (χ1v) is 8.77. The zero-order valence-electron chi connectivity index (χ0n) is 16.6. The normalized spacial score (nSPS) is 10.9. The second kappa shape index (κ2) is 13.0. The molecule has 6 nitrogen and oxygen atoms in total. The van der Waals surface area contributed by atoms with E-state index in [9.17, 15) is 8.78 Å². The van der Waals surface area contributed by atoms with Crippen LogP contribution in [0.1, 0.15) is 11.1 Å². The monoisotopic (exact) mass is 521 g/mol. The van der Waals surface area contributed by atoms with E-state index in [2.05, 4.69) is 20.4 Å². The number of alkyl halides is 2. The summed E-state index contributed by atoms with van der Waals surface area (Å²) in [6.07, 6.45) is 0. The Hall–Kier alpha value is -2.30. The lowest BCUT2D eigenvalue weighted by Crippen LogP contribution is -2.38. The van der Waals surface area contributed by atoms with Crippen LogP contribution in [0.4, 0.5) is 8.78 Å². The first kappa shape index (κ1) is 24.7. The van der Waals surface area contributed by atoms with Crippen molar-refractivity contribution in [1.29, 1.82) is 0 Å². The molecule has 0 bridgehead atoms. The number of ether oxygens (including phenoxy) is 3. The van der Waals surface area contributed by atoms with E-state index in [1.165, 1.54) is 18.7 Å².